The van der Waals surface area contributed by atoms with Crippen LogP contribution in [0.15, 0.2) is 29.3 Å². The minimum absolute atomic E-state index is 0.0819. The van der Waals surface area contributed by atoms with E-state index in [0.717, 1.165) is 0 Å². The third-order valence-corrected chi connectivity index (χ3v) is 2.59. The zero-order valence-electron chi connectivity index (χ0n) is 8.53. The number of hydrogen-bond donors (Lipinski definition) is 1. The second-order valence-corrected chi connectivity index (χ2v) is 3.71. The number of nitrogens with zero attached hydrogens (tertiary/aromatic N) is 1. The molecule has 1 aliphatic heterocycles. The molecule has 1 aliphatic rings. The number of aliphatic imine (C=N–C) groups is 1. The third kappa shape index (κ3) is 2.15. The predicted molar refractivity (Wildman–Crippen MR) is 54.6 cm³/mol. The van der Waals surface area contributed by atoms with Gasteiger partial charge in [0, 0.05) is 6.42 Å². The standard InChI is InChI=1S/C11H8F3NO2/c12-11(13,14)9-5-7(10(16)17)6-3-1-2-4-8(6)15-9/h1-4,7H,5H2,(H,16,17). The Bertz CT molecular complexity index is 494. The summed E-state index contributed by atoms with van der Waals surface area (Å²) in [5.41, 5.74) is -0.630. The van der Waals surface area contributed by atoms with Crippen molar-refractivity contribution in [1.29, 1.82) is 0 Å². The average Bonchev–Trinajstić information content (AvgIpc) is 2.26. The maximum absolute atomic E-state index is 12.5. The molecule has 1 N–H and O–H groups in total. The Hall–Kier alpha value is -1.85. The smallest absolute Gasteiger partial charge is 0.429 e. The molecular formula is C11H8F3NO2. The van der Waals surface area contributed by atoms with Crippen molar-refractivity contribution in [2.75, 3.05) is 0 Å². The van der Waals surface area contributed by atoms with Gasteiger partial charge in [-0.15, -0.1) is 0 Å². The highest BCUT2D eigenvalue weighted by Gasteiger charge is 2.41. The number of benzene rings is 1. The van der Waals surface area contributed by atoms with Gasteiger partial charge in [-0.2, -0.15) is 13.2 Å². The van der Waals surface area contributed by atoms with Gasteiger partial charge in [-0.1, -0.05) is 18.2 Å². The summed E-state index contributed by atoms with van der Waals surface area (Å²) < 4.78 is 37.6. The highest BCUT2D eigenvalue weighted by Crippen LogP contribution is 2.38. The lowest BCUT2D eigenvalue weighted by Gasteiger charge is -2.22. The first-order chi connectivity index (χ1) is 7.89. The molecule has 0 saturated heterocycles. The van der Waals surface area contributed by atoms with Crippen molar-refractivity contribution < 1.29 is 23.1 Å². The summed E-state index contributed by atoms with van der Waals surface area (Å²) in [4.78, 5) is 14.4. The fraction of sp³-hybridized carbons (Fsp3) is 0.273. The van der Waals surface area contributed by atoms with Crippen LogP contribution in [0, 0.1) is 0 Å². The molecule has 0 aromatic heterocycles. The molecule has 0 aliphatic carbocycles. The number of rotatable bonds is 1. The molecule has 0 spiro atoms. The van der Waals surface area contributed by atoms with Crippen LogP contribution in [0.3, 0.4) is 0 Å². The molecule has 0 saturated carbocycles. The van der Waals surface area contributed by atoms with E-state index in [4.69, 9.17) is 5.11 Å². The van der Waals surface area contributed by atoms with E-state index in [2.05, 4.69) is 4.99 Å². The van der Waals surface area contributed by atoms with Crippen molar-refractivity contribution in [2.45, 2.75) is 18.5 Å². The largest absolute Gasteiger partial charge is 0.481 e. The number of fused-ring (bicyclic) bond motifs is 1. The fourth-order valence-corrected chi connectivity index (χ4v) is 1.78. The number of carboxylic acid groups (broad SMARTS) is 1. The average molecular weight is 243 g/mol. The summed E-state index contributed by atoms with van der Waals surface area (Å²) >= 11 is 0. The first-order valence-corrected chi connectivity index (χ1v) is 4.86. The van der Waals surface area contributed by atoms with Crippen LogP contribution in [-0.4, -0.2) is 23.0 Å². The maximum Gasteiger partial charge on any atom is 0.429 e. The van der Waals surface area contributed by atoms with Crippen molar-refractivity contribution in [1.82, 2.24) is 0 Å². The molecule has 17 heavy (non-hydrogen) atoms. The van der Waals surface area contributed by atoms with Gasteiger partial charge in [-0.25, -0.2) is 4.99 Å². The fourth-order valence-electron chi connectivity index (χ4n) is 1.78. The number of carbonyl (C=O) groups is 1. The van der Waals surface area contributed by atoms with E-state index in [9.17, 15) is 18.0 Å². The molecule has 6 heteroatoms. The van der Waals surface area contributed by atoms with Crippen LogP contribution in [0.5, 0.6) is 0 Å². The highest BCUT2D eigenvalue weighted by molar-refractivity contribution is 5.98. The molecule has 1 aromatic carbocycles. The molecule has 0 bridgehead atoms. The van der Waals surface area contributed by atoms with E-state index in [-0.39, 0.29) is 5.69 Å². The van der Waals surface area contributed by atoms with E-state index in [1.807, 2.05) is 0 Å². The molecule has 0 radical (unpaired) electrons. The molecule has 0 amide bonds. The van der Waals surface area contributed by atoms with Gasteiger partial charge in [0.25, 0.3) is 0 Å². The van der Waals surface area contributed by atoms with Crippen LogP contribution in [0.1, 0.15) is 17.9 Å². The summed E-state index contributed by atoms with van der Waals surface area (Å²) in [5, 5.41) is 8.95. The summed E-state index contributed by atoms with van der Waals surface area (Å²) in [6.07, 6.45) is -5.20. The molecule has 1 unspecified atom stereocenters. The molecule has 2 rings (SSSR count). The lowest BCUT2D eigenvalue weighted by Crippen LogP contribution is -2.29. The Labute approximate surface area is 94.6 Å². The van der Waals surface area contributed by atoms with Crippen LogP contribution in [0.4, 0.5) is 18.9 Å². The number of halogens is 3. The molecule has 1 atom stereocenters. The molecular weight excluding hydrogens is 235 g/mol. The summed E-state index contributed by atoms with van der Waals surface area (Å²) in [6.45, 7) is 0. The quantitative estimate of drug-likeness (QED) is 0.824. The molecule has 90 valence electrons. The highest BCUT2D eigenvalue weighted by atomic mass is 19.4. The first-order valence-electron chi connectivity index (χ1n) is 4.86. The first kappa shape index (κ1) is 11.6. The summed E-state index contributed by atoms with van der Waals surface area (Å²) in [5.74, 6) is -2.45. The SMILES string of the molecule is O=C(O)C1CC(C(F)(F)F)=Nc2ccccc21. The Morgan fingerprint density at radius 3 is 2.59 bits per heavy atom. The monoisotopic (exact) mass is 243 g/mol. The van der Waals surface area contributed by atoms with Gasteiger partial charge in [0.05, 0.1) is 11.6 Å². The van der Waals surface area contributed by atoms with Gasteiger partial charge in [0.1, 0.15) is 5.71 Å². The van der Waals surface area contributed by atoms with Crippen LogP contribution in [-0.2, 0) is 4.79 Å². The zero-order chi connectivity index (χ0) is 12.6. The van der Waals surface area contributed by atoms with Gasteiger partial charge >= 0.3 is 12.1 Å². The van der Waals surface area contributed by atoms with Crippen molar-refractivity contribution in [2.24, 2.45) is 4.99 Å². The minimum atomic E-state index is -4.58. The number of carboxylic acids is 1. The second kappa shape index (κ2) is 3.87. The van der Waals surface area contributed by atoms with Gasteiger partial charge in [0.2, 0.25) is 0 Å². The number of aliphatic carboxylic acids is 1. The maximum atomic E-state index is 12.5. The van der Waals surface area contributed by atoms with Gasteiger partial charge in [-0.05, 0) is 11.6 Å². The topological polar surface area (TPSA) is 49.7 Å². The third-order valence-electron chi connectivity index (χ3n) is 2.59. The minimum Gasteiger partial charge on any atom is -0.481 e. The van der Waals surface area contributed by atoms with Crippen LogP contribution < -0.4 is 0 Å². The summed E-state index contributed by atoms with van der Waals surface area (Å²) in [6, 6.07) is 5.99. The predicted octanol–water partition coefficient (Wildman–Crippen LogP) is 2.89. The van der Waals surface area contributed by atoms with Gasteiger partial charge in [0.15, 0.2) is 0 Å². The Kier molecular flexibility index (Phi) is 2.65. The molecule has 1 heterocycles. The zero-order valence-corrected chi connectivity index (χ0v) is 8.53. The van der Waals surface area contributed by atoms with E-state index < -0.39 is 30.2 Å². The van der Waals surface area contributed by atoms with Crippen LogP contribution >= 0.6 is 0 Å². The van der Waals surface area contributed by atoms with Gasteiger partial charge in [-0.3, -0.25) is 4.79 Å². The van der Waals surface area contributed by atoms with Crippen LogP contribution in [0.25, 0.3) is 0 Å². The van der Waals surface area contributed by atoms with Crippen molar-refractivity contribution in [3.05, 3.63) is 29.8 Å². The Balaban J connectivity index is 2.53. The van der Waals surface area contributed by atoms with E-state index >= 15 is 0 Å². The lowest BCUT2D eigenvalue weighted by molar-refractivity contribution is -0.138. The second-order valence-electron chi connectivity index (χ2n) is 3.71. The van der Waals surface area contributed by atoms with E-state index in [1.165, 1.54) is 18.2 Å². The molecule has 1 aromatic rings. The lowest BCUT2D eigenvalue weighted by atomic mass is 9.89. The number of alkyl halides is 3. The van der Waals surface area contributed by atoms with E-state index in [1.54, 1.807) is 6.07 Å². The van der Waals surface area contributed by atoms with E-state index in [0.29, 0.717) is 5.56 Å². The molecule has 3 nitrogen and oxygen atoms in total. The van der Waals surface area contributed by atoms with Crippen LogP contribution in [0.2, 0.25) is 0 Å². The summed E-state index contributed by atoms with van der Waals surface area (Å²) in [7, 11) is 0. The molecule has 0 fully saturated rings. The van der Waals surface area contributed by atoms with Gasteiger partial charge < -0.3 is 5.11 Å². The van der Waals surface area contributed by atoms with Crippen molar-refractivity contribution >= 4 is 17.4 Å². The Morgan fingerprint density at radius 2 is 2.00 bits per heavy atom. The van der Waals surface area contributed by atoms with Crippen molar-refractivity contribution in [3.63, 3.8) is 0 Å². The Morgan fingerprint density at radius 1 is 1.35 bits per heavy atom. The number of para-hydroxylation sites is 1. The van der Waals surface area contributed by atoms with Crippen molar-refractivity contribution in [3.8, 4) is 0 Å². The normalized spacial score (nSPS) is 19.5. The number of hydrogen-bond acceptors (Lipinski definition) is 2.